The van der Waals surface area contributed by atoms with Crippen molar-refractivity contribution < 1.29 is 13.2 Å². The van der Waals surface area contributed by atoms with Crippen molar-refractivity contribution in [3.63, 3.8) is 0 Å². The van der Waals surface area contributed by atoms with Crippen LogP contribution in [0.25, 0.3) is 0 Å². The molecule has 0 saturated carbocycles. The fourth-order valence-electron chi connectivity index (χ4n) is 0.883. The van der Waals surface area contributed by atoms with Gasteiger partial charge in [0.25, 0.3) is 0 Å². The van der Waals surface area contributed by atoms with E-state index in [-0.39, 0.29) is 6.54 Å². The van der Waals surface area contributed by atoms with Gasteiger partial charge in [-0.3, -0.25) is 0 Å². The van der Waals surface area contributed by atoms with Gasteiger partial charge in [-0.2, -0.15) is 13.2 Å². The zero-order valence-corrected chi connectivity index (χ0v) is 7.10. The first kappa shape index (κ1) is 10.0. The molecule has 1 aromatic heterocycles. The molecule has 6 heteroatoms. The number of nitrogens with one attached hydrogen (secondary N) is 1. The van der Waals surface area contributed by atoms with Crippen LogP contribution in [-0.2, 0) is 13.6 Å². The summed E-state index contributed by atoms with van der Waals surface area (Å²) in [7, 11) is 1.73. The Kier molecular flexibility index (Phi) is 2.92. The highest BCUT2D eigenvalue weighted by Gasteiger charge is 2.26. The number of alkyl halides is 3. The van der Waals surface area contributed by atoms with Crippen LogP contribution >= 0.6 is 0 Å². The van der Waals surface area contributed by atoms with Gasteiger partial charge in [-0.1, -0.05) is 0 Å². The lowest BCUT2D eigenvalue weighted by Gasteiger charge is -2.07. The van der Waals surface area contributed by atoms with Crippen LogP contribution in [0.4, 0.5) is 13.2 Å². The number of imidazole rings is 1. The van der Waals surface area contributed by atoms with E-state index in [2.05, 4.69) is 10.3 Å². The van der Waals surface area contributed by atoms with Crippen LogP contribution in [0.15, 0.2) is 12.4 Å². The third kappa shape index (κ3) is 3.45. The molecule has 0 aromatic carbocycles. The van der Waals surface area contributed by atoms with Gasteiger partial charge in [0.2, 0.25) is 0 Å². The van der Waals surface area contributed by atoms with Crippen LogP contribution in [0.3, 0.4) is 0 Å². The predicted octanol–water partition coefficient (Wildman–Crippen LogP) is 1.07. The highest BCUT2D eigenvalue weighted by Crippen LogP contribution is 2.12. The smallest absolute Gasteiger partial charge is 0.337 e. The second-order valence-electron chi connectivity index (χ2n) is 2.67. The van der Waals surface area contributed by atoms with E-state index >= 15 is 0 Å². The van der Waals surface area contributed by atoms with E-state index in [9.17, 15) is 13.2 Å². The summed E-state index contributed by atoms with van der Waals surface area (Å²) in [5, 5.41) is 2.26. The SMILES string of the molecule is Cn1ccnc1CNCC(F)(F)F. The molecule has 1 rings (SSSR count). The first-order valence-electron chi connectivity index (χ1n) is 3.73. The van der Waals surface area contributed by atoms with Crippen molar-refractivity contribution in [2.45, 2.75) is 12.7 Å². The Morgan fingerprint density at radius 3 is 2.69 bits per heavy atom. The zero-order chi connectivity index (χ0) is 9.90. The third-order valence-corrected chi connectivity index (χ3v) is 1.53. The summed E-state index contributed by atoms with van der Waals surface area (Å²) in [6.45, 7) is -0.858. The van der Waals surface area contributed by atoms with Gasteiger partial charge < -0.3 is 9.88 Å². The molecule has 0 bridgehead atoms. The molecule has 13 heavy (non-hydrogen) atoms. The molecule has 74 valence electrons. The molecule has 1 aromatic rings. The van der Waals surface area contributed by atoms with Gasteiger partial charge in [0.05, 0.1) is 13.1 Å². The fraction of sp³-hybridized carbons (Fsp3) is 0.571. The Hall–Kier alpha value is -1.04. The van der Waals surface area contributed by atoms with Gasteiger partial charge >= 0.3 is 6.18 Å². The molecule has 3 nitrogen and oxygen atoms in total. The molecule has 0 atom stereocenters. The molecule has 0 radical (unpaired) electrons. The maximum Gasteiger partial charge on any atom is 0.401 e. The maximum absolute atomic E-state index is 11.7. The molecule has 1 heterocycles. The van der Waals surface area contributed by atoms with E-state index in [4.69, 9.17) is 0 Å². The molecule has 0 saturated heterocycles. The normalized spacial score (nSPS) is 12.0. The van der Waals surface area contributed by atoms with Crippen molar-refractivity contribution >= 4 is 0 Å². The lowest BCUT2D eigenvalue weighted by molar-refractivity contribution is -0.125. The van der Waals surface area contributed by atoms with E-state index in [1.807, 2.05) is 0 Å². The lowest BCUT2D eigenvalue weighted by Crippen LogP contribution is -2.29. The molecule has 0 unspecified atom stereocenters. The van der Waals surface area contributed by atoms with E-state index in [1.54, 1.807) is 24.0 Å². The number of halogens is 3. The molecule has 0 fully saturated rings. The van der Waals surface area contributed by atoms with Crippen LogP contribution in [0.1, 0.15) is 5.82 Å². The number of aryl methyl sites for hydroxylation is 1. The predicted molar refractivity (Wildman–Crippen MR) is 41.0 cm³/mol. The van der Waals surface area contributed by atoms with Crippen LogP contribution in [0.5, 0.6) is 0 Å². The molecule has 0 amide bonds. The Bertz CT molecular complexity index is 266. The van der Waals surface area contributed by atoms with Gasteiger partial charge in [-0.15, -0.1) is 0 Å². The number of hydrogen-bond donors (Lipinski definition) is 1. The molecular formula is C7H10F3N3. The fourth-order valence-corrected chi connectivity index (χ4v) is 0.883. The molecule has 0 aliphatic rings. The summed E-state index contributed by atoms with van der Waals surface area (Å²) in [5.41, 5.74) is 0. The topological polar surface area (TPSA) is 29.9 Å². The van der Waals surface area contributed by atoms with Crippen molar-refractivity contribution in [1.29, 1.82) is 0 Å². The highest BCUT2D eigenvalue weighted by atomic mass is 19.4. The van der Waals surface area contributed by atoms with Crippen molar-refractivity contribution in [2.75, 3.05) is 6.54 Å². The first-order valence-corrected chi connectivity index (χ1v) is 3.73. The molecule has 0 aliphatic carbocycles. The average Bonchev–Trinajstić information content (AvgIpc) is 2.34. The lowest BCUT2D eigenvalue weighted by atomic mass is 10.5. The summed E-state index contributed by atoms with van der Waals surface area (Å²) in [6.07, 6.45) is -0.930. The van der Waals surface area contributed by atoms with Gasteiger partial charge in [-0.05, 0) is 0 Å². The number of rotatable bonds is 3. The Labute approximate surface area is 73.6 Å². The van der Waals surface area contributed by atoms with E-state index in [1.165, 1.54) is 0 Å². The van der Waals surface area contributed by atoms with E-state index in [0.717, 1.165) is 0 Å². The van der Waals surface area contributed by atoms with Gasteiger partial charge in [0, 0.05) is 19.4 Å². The minimum atomic E-state index is -4.16. The van der Waals surface area contributed by atoms with Crippen molar-refractivity contribution in [3.05, 3.63) is 18.2 Å². The van der Waals surface area contributed by atoms with Crippen molar-refractivity contribution in [2.24, 2.45) is 7.05 Å². The standard InChI is InChI=1S/C7H10F3N3/c1-13-3-2-12-6(13)4-11-5-7(8,9)10/h2-3,11H,4-5H2,1H3. The van der Waals surface area contributed by atoms with Crippen LogP contribution in [0.2, 0.25) is 0 Å². The molecule has 1 N–H and O–H groups in total. The second kappa shape index (κ2) is 3.78. The number of hydrogen-bond acceptors (Lipinski definition) is 2. The van der Waals surface area contributed by atoms with Crippen LogP contribution in [-0.4, -0.2) is 22.3 Å². The van der Waals surface area contributed by atoms with Crippen LogP contribution in [0, 0.1) is 0 Å². The minimum Gasteiger partial charge on any atom is -0.337 e. The van der Waals surface area contributed by atoms with Gasteiger partial charge in [0.15, 0.2) is 0 Å². The first-order chi connectivity index (χ1) is 5.99. The molecule has 0 spiro atoms. The summed E-state index contributed by atoms with van der Waals surface area (Å²) in [4.78, 5) is 3.87. The third-order valence-electron chi connectivity index (χ3n) is 1.53. The summed E-state index contributed by atoms with van der Waals surface area (Å²) in [5.74, 6) is 0.587. The second-order valence-corrected chi connectivity index (χ2v) is 2.67. The molecule has 0 aliphatic heterocycles. The minimum absolute atomic E-state index is 0.128. The monoisotopic (exact) mass is 193 g/mol. The number of aromatic nitrogens is 2. The zero-order valence-electron chi connectivity index (χ0n) is 7.10. The Balaban J connectivity index is 2.32. The molecular weight excluding hydrogens is 183 g/mol. The summed E-state index contributed by atoms with van der Waals surface area (Å²) in [6, 6.07) is 0. The average molecular weight is 193 g/mol. The summed E-state index contributed by atoms with van der Waals surface area (Å²) >= 11 is 0. The number of nitrogens with zero attached hydrogens (tertiary/aromatic N) is 2. The highest BCUT2D eigenvalue weighted by molar-refractivity contribution is 4.90. The van der Waals surface area contributed by atoms with E-state index in [0.29, 0.717) is 5.82 Å². The Morgan fingerprint density at radius 1 is 1.54 bits per heavy atom. The van der Waals surface area contributed by atoms with E-state index < -0.39 is 12.7 Å². The maximum atomic E-state index is 11.7. The quantitative estimate of drug-likeness (QED) is 0.778. The van der Waals surface area contributed by atoms with Gasteiger partial charge in [0.1, 0.15) is 5.82 Å². The van der Waals surface area contributed by atoms with Crippen molar-refractivity contribution in [3.8, 4) is 0 Å². The summed E-state index contributed by atoms with van der Waals surface area (Å²) < 4.78 is 36.8. The van der Waals surface area contributed by atoms with Crippen molar-refractivity contribution in [1.82, 2.24) is 14.9 Å². The largest absolute Gasteiger partial charge is 0.401 e. The van der Waals surface area contributed by atoms with Gasteiger partial charge in [-0.25, -0.2) is 4.98 Å². The Morgan fingerprint density at radius 2 is 2.23 bits per heavy atom. The van der Waals surface area contributed by atoms with Crippen LogP contribution < -0.4 is 5.32 Å².